The molecule has 1 aromatic carbocycles. The fraction of sp³-hybridized carbons (Fsp3) is 0.609. The normalized spacial score (nSPS) is 24.2. The Labute approximate surface area is 179 Å². The maximum atomic E-state index is 13.3. The third-order valence-corrected chi connectivity index (χ3v) is 8.50. The molecule has 1 aliphatic heterocycles. The molecule has 2 N–H and O–H groups in total. The molecule has 1 aromatic heterocycles. The molecular formula is C23H33N3O3S. The molecule has 30 heavy (non-hydrogen) atoms. The number of amides is 1. The van der Waals surface area contributed by atoms with Gasteiger partial charge in [0.15, 0.2) is 0 Å². The van der Waals surface area contributed by atoms with Crippen LogP contribution >= 0.6 is 0 Å². The molecule has 2 heterocycles. The van der Waals surface area contributed by atoms with Crippen LogP contribution in [0.15, 0.2) is 23.1 Å². The fourth-order valence-electron chi connectivity index (χ4n) is 5.15. The van der Waals surface area contributed by atoms with E-state index in [1.165, 1.54) is 6.42 Å². The fourth-order valence-corrected chi connectivity index (χ4v) is 6.86. The van der Waals surface area contributed by atoms with E-state index in [0.29, 0.717) is 35.5 Å². The van der Waals surface area contributed by atoms with E-state index in [0.717, 1.165) is 48.6 Å². The number of nitrogens with one attached hydrogen (secondary N) is 2. The molecule has 2 aliphatic rings. The monoisotopic (exact) mass is 431 g/mol. The summed E-state index contributed by atoms with van der Waals surface area (Å²) >= 11 is 0. The topological polar surface area (TPSA) is 82.3 Å². The number of carbonyl (C=O) groups is 1. The Hall–Kier alpha value is -1.86. The number of fused-ring (bicyclic) bond motifs is 1. The minimum absolute atomic E-state index is 0.0984. The smallest absolute Gasteiger partial charge is 0.268 e. The largest absolute Gasteiger partial charge is 0.350 e. The highest BCUT2D eigenvalue weighted by Gasteiger charge is 2.32. The molecular weight excluding hydrogens is 398 g/mol. The highest BCUT2D eigenvalue weighted by Crippen LogP contribution is 2.30. The van der Waals surface area contributed by atoms with E-state index in [4.69, 9.17) is 0 Å². The van der Waals surface area contributed by atoms with Gasteiger partial charge in [-0.15, -0.1) is 0 Å². The SMILES string of the molecule is Cc1c(C(=O)NC2CCCCC2)[nH]c2ccc(S(=O)(=O)N3CC(C)CC(C)C3)cc12. The second-order valence-electron chi connectivity index (χ2n) is 9.41. The van der Waals surface area contributed by atoms with Crippen molar-refractivity contribution < 1.29 is 13.2 Å². The lowest BCUT2D eigenvalue weighted by Gasteiger charge is -2.34. The average Bonchev–Trinajstić information content (AvgIpc) is 3.04. The van der Waals surface area contributed by atoms with E-state index in [2.05, 4.69) is 24.1 Å². The zero-order valence-corrected chi connectivity index (χ0v) is 19.0. The summed E-state index contributed by atoms with van der Waals surface area (Å²) in [6.07, 6.45) is 6.67. The van der Waals surface area contributed by atoms with Crippen molar-refractivity contribution >= 4 is 26.8 Å². The molecule has 1 saturated heterocycles. The third-order valence-electron chi connectivity index (χ3n) is 6.67. The van der Waals surface area contributed by atoms with E-state index in [1.54, 1.807) is 22.5 Å². The summed E-state index contributed by atoms with van der Waals surface area (Å²) in [5.74, 6) is 0.617. The van der Waals surface area contributed by atoms with Crippen LogP contribution in [0.25, 0.3) is 10.9 Å². The van der Waals surface area contributed by atoms with Gasteiger partial charge in [0.2, 0.25) is 10.0 Å². The number of benzene rings is 1. The highest BCUT2D eigenvalue weighted by atomic mass is 32.2. The summed E-state index contributed by atoms with van der Waals surface area (Å²) in [5.41, 5.74) is 2.13. The predicted molar refractivity (Wildman–Crippen MR) is 119 cm³/mol. The maximum Gasteiger partial charge on any atom is 0.268 e. The molecule has 1 saturated carbocycles. The number of aromatic nitrogens is 1. The van der Waals surface area contributed by atoms with Crippen molar-refractivity contribution in [1.29, 1.82) is 0 Å². The van der Waals surface area contributed by atoms with Crippen LogP contribution in [0, 0.1) is 18.8 Å². The molecule has 164 valence electrons. The molecule has 7 heteroatoms. The molecule has 0 bridgehead atoms. The molecule has 1 aliphatic carbocycles. The summed E-state index contributed by atoms with van der Waals surface area (Å²) in [7, 11) is -3.55. The van der Waals surface area contributed by atoms with E-state index in [-0.39, 0.29) is 11.9 Å². The lowest BCUT2D eigenvalue weighted by Crippen LogP contribution is -2.42. The van der Waals surface area contributed by atoms with Gasteiger partial charge in [0.25, 0.3) is 5.91 Å². The molecule has 6 nitrogen and oxygen atoms in total. The van der Waals surface area contributed by atoms with Crippen LogP contribution < -0.4 is 5.32 Å². The quantitative estimate of drug-likeness (QED) is 0.761. The van der Waals surface area contributed by atoms with E-state index in [1.807, 2.05) is 6.92 Å². The van der Waals surface area contributed by atoms with Gasteiger partial charge < -0.3 is 10.3 Å². The van der Waals surface area contributed by atoms with Gasteiger partial charge >= 0.3 is 0 Å². The molecule has 2 atom stereocenters. The van der Waals surface area contributed by atoms with Crippen LogP contribution in [0.2, 0.25) is 0 Å². The van der Waals surface area contributed by atoms with E-state index >= 15 is 0 Å². The van der Waals surface area contributed by atoms with Crippen molar-refractivity contribution in [3.8, 4) is 0 Å². The molecule has 0 radical (unpaired) electrons. The van der Waals surface area contributed by atoms with Gasteiger partial charge in [-0.1, -0.05) is 33.1 Å². The predicted octanol–water partition coefficient (Wildman–Crippen LogP) is 4.21. The minimum atomic E-state index is -3.55. The van der Waals surface area contributed by atoms with Gasteiger partial charge in [-0.2, -0.15) is 4.31 Å². The van der Waals surface area contributed by atoms with Crippen LogP contribution in [0.3, 0.4) is 0 Å². The summed E-state index contributed by atoms with van der Waals surface area (Å²) in [5, 5.41) is 3.94. The van der Waals surface area contributed by atoms with Crippen LogP contribution in [-0.2, 0) is 10.0 Å². The van der Waals surface area contributed by atoms with E-state index < -0.39 is 10.0 Å². The van der Waals surface area contributed by atoms with Gasteiger partial charge in [-0.3, -0.25) is 4.79 Å². The number of aromatic amines is 1. The summed E-state index contributed by atoms with van der Waals surface area (Å²) in [6, 6.07) is 5.39. The highest BCUT2D eigenvalue weighted by molar-refractivity contribution is 7.89. The number of rotatable bonds is 4. The Morgan fingerprint density at radius 2 is 1.77 bits per heavy atom. The molecule has 1 amide bonds. The van der Waals surface area contributed by atoms with Crippen molar-refractivity contribution in [2.45, 2.75) is 70.2 Å². The van der Waals surface area contributed by atoms with Crippen LogP contribution in [0.4, 0.5) is 0 Å². The third kappa shape index (κ3) is 4.14. The van der Waals surface area contributed by atoms with Crippen LogP contribution in [0.5, 0.6) is 0 Å². The number of hydrogen-bond donors (Lipinski definition) is 2. The van der Waals surface area contributed by atoms with Crippen molar-refractivity contribution in [1.82, 2.24) is 14.6 Å². The lowest BCUT2D eigenvalue weighted by atomic mass is 9.94. The van der Waals surface area contributed by atoms with Crippen molar-refractivity contribution in [2.24, 2.45) is 11.8 Å². The number of hydrogen-bond acceptors (Lipinski definition) is 3. The van der Waals surface area contributed by atoms with Crippen molar-refractivity contribution in [3.63, 3.8) is 0 Å². The number of aryl methyl sites for hydroxylation is 1. The second-order valence-corrected chi connectivity index (χ2v) is 11.3. The molecule has 2 fully saturated rings. The van der Waals surface area contributed by atoms with Crippen LogP contribution in [0.1, 0.15) is 68.4 Å². The van der Waals surface area contributed by atoms with Crippen molar-refractivity contribution in [3.05, 3.63) is 29.5 Å². The second kappa shape index (κ2) is 8.35. The Kier molecular flexibility index (Phi) is 5.95. The number of sulfonamides is 1. The van der Waals surface area contributed by atoms with E-state index in [9.17, 15) is 13.2 Å². The number of nitrogens with zero attached hydrogens (tertiary/aromatic N) is 1. The first kappa shape index (κ1) is 21.4. The Balaban J connectivity index is 1.61. The Bertz CT molecular complexity index is 1030. The first-order valence-electron chi connectivity index (χ1n) is 11.2. The van der Waals surface area contributed by atoms with Crippen LogP contribution in [-0.4, -0.2) is 42.7 Å². The molecule has 2 aromatic rings. The molecule has 2 unspecified atom stereocenters. The average molecular weight is 432 g/mol. The van der Waals surface area contributed by atoms with Crippen molar-refractivity contribution in [2.75, 3.05) is 13.1 Å². The number of carbonyl (C=O) groups excluding carboxylic acids is 1. The number of H-pyrrole nitrogens is 1. The van der Waals surface area contributed by atoms with Gasteiger partial charge in [0, 0.05) is 30.0 Å². The molecule has 4 rings (SSSR count). The Morgan fingerprint density at radius 3 is 2.43 bits per heavy atom. The maximum absolute atomic E-state index is 13.3. The van der Waals surface area contributed by atoms with Gasteiger partial charge in [-0.05, 0) is 61.8 Å². The van der Waals surface area contributed by atoms with Gasteiger partial charge in [0.05, 0.1) is 4.90 Å². The lowest BCUT2D eigenvalue weighted by molar-refractivity contribution is 0.0923. The molecule has 0 spiro atoms. The first-order valence-corrected chi connectivity index (χ1v) is 12.6. The Morgan fingerprint density at radius 1 is 1.10 bits per heavy atom. The minimum Gasteiger partial charge on any atom is -0.350 e. The zero-order valence-electron chi connectivity index (χ0n) is 18.2. The van der Waals surface area contributed by atoms with Gasteiger partial charge in [-0.25, -0.2) is 8.42 Å². The standard InChI is InChI=1S/C23H33N3O3S/c1-15-11-16(2)14-26(13-15)30(28,29)19-9-10-21-20(12-19)17(3)22(25-21)23(27)24-18-7-5-4-6-8-18/h9-10,12,15-16,18,25H,4-8,11,13-14H2,1-3H3,(H,24,27). The number of piperidine rings is 1. The summed E-state index contributed by atoms with van der Waals surface area (Å²) in [6.45, 7) is 7.22. The first-order chi connectivity index (χ1) is 14.3. The summed E-state index contributed by atoms with van der Waals surface area (Å²) in [4.78, 5) is 16.3. The van der Waals surface area contributed by atoms with Gasteiger partial charge in [0.1, 0.15) is 5.69 Å². The summed E-state index contributed by atoms with van der Waals surface area (Å²) < 4.78 is 28.2. The zero-order chi connectivity index (χ0) is 21.5.